The molecule has 1 aliphatic heterocycles. The van der Waals surface area contributed by atoms with Crippen molar-refractivity contribution < 1.29 is 17.6 Å². The molecule has 0 saturated carbocycles. The molecule has 0 atom stereocenters. The van der Waals surface area contributed by atoms with E-state index >= 15 is 0 Å². The van der Waals surface area contributed by atoms with Crippen LogP contribution in [0.1, 0.15) is 12.0 Å². The molecule has 1 aromatic carbocycles. The van der Waals surface area contributed by atoms with Crippen molar-refractivity contribution in [3.63, 3.8) is 0 Å². The van der Waals surface area contributed by atoms with Gasteiger partial charge in [-0.05, 0) is 12.1 Å². The van der Waals surface area contributed by atoms with Crippen LogP contribution in [0.5, 0.6) is 0 Å². The summed E-state index contributed by atoms with van der Waals surface area (Å²) in [5, 5.41) is 8.82. The predicted octanol–water partition coefficient (Wildman–Crippen LogP) is 0.661. The lowest BCUT2D eigenvalue weighted by atomic mass is 10.2. The van der Waals surface area contributed by atoms with E-state index in [4.69, 9.17) is 5.26 Å². The van der Waals surface area contributed by atoms with Crippen LogP contribution in [-0.2, 0) is 14.8 Å². The predicted molar refractivity (Wildman–Crippen MR) is 59.5 cm³/mol. The number of carbonyl (C=O) groups excluding carboxylic acids is 1. The van der Waals surface area contributed by atoms with E-state index in [1.54, 1.807) is 0 Å². The molecule has 5 nitrogen and oxygen atoms in total. The average Bonchev–Trinajstić information content (AvgIpc) is 2.76. The number of halogens is 1. The minimum absolute atomic E-state index is 0.0720. The van der Waals surface area contributed by atoms with Crippen molar-refractivity contribution in [2.24, 2.45) is 0 Å². The molecule has 94 valence electrons. The number of benzene rings is 1. The molecular weight excluding hydrogens is 259 g/mol. The number of nitrogens with zero attached hydrogens (tertiary/aromatic N) is 2. The first-order valence-corrected chi connectivity index (χ1v) is 6.61. The van der Waals surface area contributed by atoms with Gasteiger partial charge in [0.15, 0.2) is 0 Å². The first kappa shape index (κ1) is 12.7. The van der Waals surface area contributed by atoms with E-state index < -0.39 is 21.4 Å². The van der Waals surface area contributed by atoms with Gasteiger partial charge in [-0.2, -0.15) is 9.57 Å². The molecular formula is C11H9FN2O3S. The SMILES string of the molecule is N#Cc1c(F)cccc1S(=O)(=O)N1CCC(=O)C1. The molecule has 0 bridgehead atoms. The van der Waals surface area contributed by atoms with Crippen molar-refractivity contribution in [3.8, 4) is 6.07 Å². The Balaban J connectivity index is 2.52. The summed E-state index contributed by atoms with van der Waals surface area (Å²) in [4.78, 5) is 10.7. The summed E-state index contributed by atoms with van der Waals surface area (Å²) in [5.74, 6) is -1.07. The van der Waals surface area contributed by atoms with E-state index in [0.717, 1.165) is 10.4 Å². The Morgan fingerprint density at radius 2 is 2.11 bits per heavy atom. The highest BCUT2D eigenvalue weighted by atomic mass is 32.2. The van der Waals surface area contributed by atoms with E-state index in [9.17, 15) is 17.6 Å². The van der Waals surface area contributed by atoms with Gasteiger partial charge >= 0.3 is 0 Å². The highest BCUT2D eigenvalue weighted by Gasteiger charge is 2.33. The second kappa shape index (κ2) is 4.48. The van der Waals surface area contributed by atoms with Gasteiger partial charge in [-0.25, -0.2) is 12.8 Å². The minimum Gasteiger partial charge on any atom is -0.298 e. The van der Waals surface area contributed by atoms with Crippen LogP contribution in [0.3, 0.4) is 0 Å². The molecule has 7 heteroatoms. The van der Waals surface area contributed by atoms with Gasteiger partial charge in [0.1, 0.15) is 28.1 Å². The molecule has 0 aliphatic carbocycles. The molecule has 0 N–H and O–H groups in total. The van der Waals surface area contributed by atoms with Crippen LogP contribution in [-0.4, -0.2) is 31.6 Å². The number of rotatable bonds is 2. The fourth-order valence-corrected chi connectivity index (χ4v) is 3.35. The first-order valence-electron chi connectivity index (χ1n) is 5.17. The smallest absolute Gasteiger partial charge is 0.244 e. The highest BCUT2D eigenvalue weighted by molar-refractivity contribution is 7.89. The maximum atomic E-state index is 13.4. The summed E-state index contributed by atoms with van der Waals surface area (Å²) in [7, 11) is -3.99. The summed E-state index contributed by atoms with van der Waals surface area (Å²) < 4.78 is 38.7. The topological polar surface area (TPSA) is 78.2 Å². The fourth-order valence-electron chi connectivity index (χ4n) is 1.78. The zero-order chi connectivity index (χ0) is 13.3. The van der Waals surface area contributed by atoms with Crippen molar-refractivity contribution in [1.29, 1.82) is 5.26 Å². The van der Waals surface area contributed by atoms with E-state index in [1.807, 2.05) is 0 Å². The normalized spacial score (nSPS) is 16.8. The Morgan fingerprint density at radius 1 is 1.39 bits per heavy atom. The van der Waals surface area contributed by atoms with Crippen LogP contribution in [0, 0.1) is 17.1 Å². The molecule has 0 unspecified atom stereocenters. The Hall–Kier alpha value is -1.78. The molecule has 0 radical (unpaired) electrons. The number of Topliss-reactive ketones (excluding diaryl/α,β-unsaturated/α-hetero) is 1. The number of hydrogen-bond acceptors (Lipinski definition) is 4. The Labute approximate surface area is 103 Å². The summed E-state index contributed by atoms with van der Waals surface area (Å²) in [6, 6.07) is 4.95. The maximum Gasteiger partial charge on any atom is 0.244 e. The summed E-state index contributed by atoms with van der Waals surface area (Å²) in [6.07, 6.45) is 0.149. The standard InChI is InChI=1S/C11H9FN2O3S/c12-10-2-1-3-11(9(10)6-13)18(16,17)14-5-4-8(15)7-14/h1-3H,4-5,7H2. The fraction of sp³-hybridized carbons (Fsp3) is 0.273. The Bertz CT molecular complexity index is 649. The molecule has 2 rings (SSSR count). The van der Waals surface area contributed by atoms with Crippen molar-refractivity contribution in [2.45, 2.75) is 11.3 Å². The lowest BCUT2D eigenvalue weighted by Crippen LogP contribution is -2.29. The molecule has 1 saturated heterocycles. The van der Waals surface area contributed by atoms with Gasteiger partial charge in [-0.3, -0.25) is 4.79 Å². The second-order valence-corrected chi connectivity index (χ2v) is 5.76. The van der Waals surface area contributed by atoms with E-state index in [2.05, 4.69) is 0 Å². The molecule has 1 aromatic rings. The lowest BCUT2D eigenvalue weighted by Gasteiger charge is -2.15. The van der Waals surface area contributed by atoms with Gasteiger partial charge < -0.3 is 0 Å². The van der Waals surface area contributed by atoms with Crippen LogP contribution in [0.25, 0.3) is 0 Å². The Kier molecular flexibility index (Phi) is 3.15. The number of carbonyl (C=O) groups is 1. The van der Waals surface area contributed by atoms with Gasteiger partial charge in [-0.15, -0.1) is 0 Å². The van der Waals surface area contributed by atoms with Gasteiger partial charge in [0, 0.05) is 13.0 Å². The summed E-state index contributed by atoms with van der Waals surface area (Å²) in [5.41, 5.74) is -0.517. The number of hydrogen-bond donors (Lipinski definition) is 0. The molecule has 0 amide bonds. The first-order chi connectivity index (χ1) is 8.46. The zero-order valence-electron chi connectivity index (χ0n) is 9.26. The van der Waals surface area contributed by atoms with Crippen molar-refractivity contribution in [1.82, 2.24) is 4.31 Å². The van der Waals surface area contributed by atoms with Gasteiger partial charge in [0.05, 0.1) is 6.54 Å². The van der Waals surface area contributed by atoms with Gasteiger partial charge in [-0.1, -0.05) is 6.07 Å². The Morgan fingerprint density at radius 3 is 2.67 bits per heavy atom. The molecule has 18 heavy (non-hydrogen) atoms. The van der Waals surface area contributed by atoms with Gasteiger partial charge in [0.25, 0.3) is 0 Å². The average molecular weight is 268 g/mol. The highest BCUT2D eigenvalue weighted by Crippen LogP contribution is 2.24. The molecule has 1 heterocycles. The monoisotopic (exact) mass is 268 g/mol. The molecule has 1 aliphatic rings. The summed E-state index contributed by atoms with van der Waals surface area (Å²) in [6.45, 7) is -0.147. The van der Waals surface area contributed by atoms with Crippen LogP contribution < -0.4 is 0 Å². The number of nitriles is 1. The molecule has 1 fully saturated rings. The molecule has 0 aromatic heterocycles. The lowest BCUT2D eigenvalue weighted by molar-refractivity contribution is -0.116. The van der Waals surface area contributed by atoms with Crippen LogP contribution >= 0.6 is 0 Å². The van der Waals surface area contributed by atoms with E-state index in [1.165, 1.54) is 18.2 Å². The third kappa shape index (κ3) is 2.00. The van der Waals surface area contributed by atoms with E-state index in [-0.39, 0.29) is 30.2 Å². The zero-order valence-corrected chi connectivity index (χ0v) is 10.1. The van der Waals surface area contributed by atoms with Crippen LogP contribution in [0.2, 0.25) is 0 Å². The van der Waals surface area contributed by atoms with Crippen LogP contribution in [0.4, 0.5) is 4.39 Å². The minimum atomic E-state index is -3.99. The number of ketones is 1. The van der Waals surface area contributed by atoms with Crippen molar-refractivity contribution in [2.75, 3.05) is 13.1 Å². The second-order valence-electron chi connectivity index (χ2n) is 3.85. The van der Waals surface area contributed by atoms with E-state index in [0.29, 0.717) is 0 Å². The number of sulfonamides is 1. The third-order valence-corrected chi connectivity index (χ3v) is 4.59. The quantitative estimate of drug-likeness (QED) is 0.789. The van der Waals surface area contributed by atoms with Crippen molar-refractivity contribution in [3.05, 3.63) is 29.6 Å². The van der Waals surface area contributed by atoms with Crippen LogP contribution in [0.15, 0.2) is 23.1 Å². The molecule has 0 spiro atoms. The third-order valence-electron chi connectivity index (χ3n) is 2.70. The summed E-state index contributed by atoms with van der Waals surface area (Å²) >= 11 is 0. The van der Waals surface area contributed by atoms with Gasteiger partial charge in [0.2, 0.25) is 10.0 Å². The maximum absolute atomic E-state index is 13.4. The largest absolute Gasteiger partial charge is 0.298 e. The van der Waals surface area contributed by atoms with Crippen molar-refractivity contribution >= 4 is 15.8 Å².